The zero-order valence-corrected chi connectivity index (χ0v) is 9.71. The first kappa shape index (κ1) is 13.6. The molecule has 1 aromatic rings. The van der Waals surface area contributed by atoms with Crippen molar-refractivity contribution in [2.75, 3.05) is 13.2 Å². The average Bonchev–Trinajstić information content (AvgIpc) is 2.36. The van der Waals surface area contributed by atoms with Crippen LogP contribution in [-0.2, 0) is 9.53 Å². The van der Waals surface area contributed by atoms with Gasteiger partial charge in [-0.1, -0.05) is 0 Å². The molecule has 0 fully saturated rings. The molecule has 0 aliphatic rings. The van der Waals surface area contributed by atoms with Gasteiger partial charge < -0.3 is 10.1 Å². The summed E-state index contributed by atoms with van der Waals surface area (Å²) in [6, 6.07) is 5.08. The molecule has 0 unspecified atom stereocenters. The van der Waals surface area contributed by atoms with E-state index in [0.717, 1.165) is 0 Å². The lowest BCUT2D eigenvalue weighted by molar-refractivity contribution is -0.384. The highest BCUT2D eigenvalue weighted by Crippen LogP contribution is 2.11. The third-order valence-electron chi connectivity index (χ3n) is 2.04. The van der Waals surface area contributed by atoms with Gasteiger partial charge in [-0.2, -0.15) is 0 Å². The highest BCUT2D eigenvalue weighted by molar-refractivity contribution is 5.96. The van der Waals surface area contributed by atoms with Gasteiger partial charge in [0.25, 0.3) is 11.6 Å². The number of nitrogens with zero attached hydrogens (tertiary/aromatic N) is 1. The van der Waals surface area contributed by atoms with E-state index in [1.807, 2.05) is 0 Å². The first-order valence-corrected chi connectivity index (χ1v) is 5.23. The van der Waals surface area contributed by atoms with Gasteiger partial charge in [0.15, 0.2) is 0 Å². The van der Waals surface area contributed by atoms with Crippen LogP contribution in [0.15, 0.2) is 24.3 Å². The topological polar surface area (TPSA) is 98.5 Å². The summed E-state index contributed by atoms with van der Waals surface area (Å²) in [6.45, 7) is 1.67. The largest absolute Gasteiger partial charge is 0.465 e. The van der Waals surface area contributed by atoms with Crippen LogP contribution in [0.5, 0.6) is 0 Å². The summed E-state index contributed by atoms with van der Waals surface area (Å²) in [7, 11) is 0. The lowest BCUT2D eigenvalue weighted by atomic mass is 10.2. The molecule has 0 aliphatic carbocycles. The fourth-order valence-electron chi connectivity index (χ4n) is 1.20. The summed E-state index contributed by atoms with van der Waals surface area (Å²) >= 11 is 0. The van der Waals surface area contributed by atoms with Crippen molar-refractivity contribution in [2.45, 2.75) is 6.92 Å². The van der Waals surface area contributed by atoms with Gasteiger partial charge in [-0.15, -0.1) is 0 Å². The number of non-ortho nitro benzene ring substituents is 1. The van der Waals surface area contributed by atoms with Gasteiger partial charge in [0.05, 0.1) is 11.5 Å². The van der Waals surface area contributed by atoms with Crippen LogP contribution in [-0.4, -0.2) is 30.0 Å². The Morgan fingerprint density at radius 2 is 1.94 bits per heavy atom. The van der Waals surface area contributed by atoms with Crippen LogP contribution in [0.3, 0.4) is 0 Å². The summed E-state index contributed by atoms with van der Waals surface area (Å²) in [5.41, 5.74) is 0.141. The molecule has 7 nitrogen and oxygen atoms in total. The number of esters is 1. The monoisotopic (exact) mass is 252 g/mol. The number of amides is 1. The molecular formula is C11H12N2O5. The number of carbonyl (C=O) groups is 2. The summed E-state index contributed by atoms with van der Waals surface area (Å²) in [5, 5.41) is 12.8. The number of hydrogen-bond donors (Lipinski definition) is 1. The maximum absolute atomic E-state index is 11.5. The summed E-state index contributed by atoms with van der Waals surface area (Å²) in [5.74, 6) is -1.02. The molecule has 96 valence electrons. The van der Waals surface area contributed by atoms with Crippen LogP contribution >= 0.6 is 0 Å². The van der Waals surface area contributed by atoms with Gasteiger partial charge in [-0.05, 0) is 19.1 Å². The Labute approximate surface area is 103 Å². The van der Waals surface area contributed by atoms with Gasteiger partial charge in [-0.25, -0.2) is 0 Å². The van der Waals surface area contributed by atoms with Crippen LogP contribution in [0.25, 0.3) is 0 Å². The Morgan fingerprint density at radius 1 is 1.33 bits per heavy atom. The predicted octanol–water partition coefficient (Wildman–Crippen LogP) is 0.888. The van der Waals surface area contributed by atoms with Gasteiger partial charge in [-0.3, -0.25) is 19.7 Å². The van der Waals surface area contributed by atoms with Crippen LogP contribution in [0.2, 0.25) is 0 Å². The molecule has 0 spiro atoms. The molecule has 7 heteroatoms. The zero-order chi connectivity index (χ0) is 13.5. The fourth-order valence-corrected chi connectivity index (χ4v) is 1.20. The quantitative estimate of drug-likeness (QED) is 0.476. The van der Waals surface area contributed by atoms with E-state index in [-0.39, 0.29) is 24.4 Å². The lowest BCUT2D eigenvalue weighted by Crippen LogP contribution is -2.30. The molecule has 0 aliphatic heterocycles. The number of hydrogen-bond acceptors (Lipinski definition) is 5. The number of nitrogens with one attached hydrogen (secondary N) is 1. The minimum atomic E-state index is -0.555. The van der Waals surface area contributed by atoms with Crippen molar-refractivity contribution in [1.82, 2.24) is 5.32 Å². The van der Waals surface area contributed by atoms with Crippen LogP contribution < -0.4 is 5.32 Å². The molecule has 1 aromatic carbocycles. The molecule has 1 rings (SSSR count). The molecule has 0 atom stereocenters. The summed E-state index contributed by atoms with van der Waals surface area (Å²) in [6.07, 6.45) is 0. The molecule has 0 bridgehead atoms. The average molecular weight is 252 g/mol. The van der Waals surface area contributed by atoms with Crippen molar-refractivity contribution in [1.29, 1.82) is 0 Å². The van der Waals surface area contributed by atoms with E-state index in [9.17, 15) is 19.7 Å². The van der Waals surface area contributed by atoms with Gasteiger partial charge in [0, 0.05) is 17.7 Å². The second-order valence-corrected chi connectivity index (χ2v) is 3.29. The maximum atomic E-state index is 11.5. The van der Waals surface area contributed by atoms with Crippen LogP contribution in [0, 0.1) is 10.1 Å². The highest BCUT2D eigenvalue weighted by atomic mass is 16.6. The Kier molecular flexibility index (Phi) is 4.79. The maximum Gasteiger partial charge on any atom is 0.325 e. The molecule has 0 saturated heterocycles. The molecule has 0 radical (unpaired) electrons. The van der Waals surface area contributed by atoms with Gasteiger partial charge in [0.2, 0.25) is 0 Å². The molecular weight excluding hydrogens is 240 g/mol. The molecule has 1 amide bonds. The third-order valence-corrected chi connectivity index (χ3v) is 2.04. The standard InChI is InChI=1S/C11H12N2O5/c1-2-18-10(14)7-12-11(15)8-3-5-9(6-4-8)13(16)17/h3-6H,2,7H2,1H3,(H,12,15). The van der Waals surface area contributed by atoms with Crippen molar-refractivity contribution in [3.63, 3.8) is 0 Å². The highest BCUT2D eigenvalue weighted by Gasteiger charge is 2.10. The van der Waals surface area contributed by atoms with E-state index in [0.29, 0.717) is 0 Å². The molecule has 0 aromatic heterocycles. The molecule has 0 heterocycles. The number of nitro benzene ring substituents is 1. The normalized spacial score (nSPS) is 9.61. The Bertz CT molecular complexity index is 455. The Balaban J connectivity index is 2.56. The SMILES string of the molecule is CCOC(=O)CNC(=O)c1ccc([N+](=O)[O-])cc1. The first-order chi connectivity index (χ1) is 8.54. The van der Waals surface area contributed by atoms with E-state index in [4.69, 9.17) is 0 Å². The van der Waals surface area contributed by atoms with Crippen molar-refractivity contribution in [3.8, 4) is 0 Å². The minimum absolute atomic E-state index is 0.100. The predicted molar refractivity (Wildman–Crippen MR) is 62.1 cm³/mol. The number of ether oxygens (including phenoxy) is 1. The number of rotatable bonds is 5. The molecule has 18 heavy (non-hydrogen) atoms. The molecule has 1 N–H and O–H groups in total. The number of nitro groups is 1. The van der Waals surface area contributed by atoms with E-state index < -0.39 is 16.8 Å². The van der Waals surface area contributed by atoms with E-state index in [1.54, 1.807) is 6.92 Å². The third kappa shape index (κ3) is 3.85. The van der Waals surface area contributed by atoms with Crippen LogP contribution in [0.1, 0.15) is 17.3 Å². The van der Waals surface area contributed by atoms with Crippen molar-refractivity contribution < 1.29 is 19.2 Å². The Morgan fingerprint density at radius 3 is 2.44 bits per heavy atom. The van der Waals surface area contributed by atoms with E-state index in [2.05, 4.69) is 10.1 Å². The van der Waals surface area contributed by atoms with Crippen molar-refractivity contribution in [2.24, 2.45) is 0 Å². The van der Waals surface area contributed by atoms with Crippen LogP contribution in [0.4, 0.5) is 5.69 Å². The molecule has 0 saturated carbocycles. The van der Waals surface area contributed by atoms with Crippen molar-refractivity contribution >= 4 is 17.6 Å². The zero-order valence-electron chi connectivity index (χ0n) is 9.71. The van der Waals surface area contributed by atoms with E-state index >= 15 is 0 Å². The second kappa shape index (κ2) is 6.33. The van der Waals surface area contributed by atoms with Gasteiger partial charge in [0.1, 0.15) is 6.54 Å². The first-order valence-electron chi connectivity index (χ1n) is 5.23. The smallest absolute Gasteiger partial charge is 0.325 e. The van der Waals surface area contributed by atoms with Gasteiger partial charge >= 0.3 is 5.97 Å². The minimum Gasteiger partial charge on any atom is -0.465 e. The Hall–Kier alpha value is -2.44. The van der Waals surface area contributed by atoms with E-state index in [1.165, 1.54) is 24.3 Å². The fraction of sp³-hybridized carbons (Fsp3) is 0.273. The van der Waals surface area contributed by atoms with Crippen molar-refractivity contribution in [3.05, 3.63) is 39.9 Å². The summed E-state index contributed by atoms with van der Waals surface area (Å²) in [4.78, 5) is 32.4. The number of benzene rings is 1. The second-order valence-electron chi connectivity index (χ2n) is 3.29. The summed E-state index contributed by atoms with van der Waals surface area (Å²) < 4.78 is 4.64. The lowest BCUT2D eigenvalue weighted by Gasteiger charge is -2.04. The number of carbonyl (C=O) groups excluding carboxylic acids is 2.